The van der Waals surface area contributed by atoms with Gasteiger partial charge in [-0.1, -0.05) is 30.3 Å². The van der Waals surface area contributed by atoms with Crippen LogP contribution in [0, 0.1) is 5.41 Å². The molecule has 1 aliphatic heterocycles. The van der Waals surface area contributed by atoms with Gasteiger partial charge in [-0.25, -0.2) is 0 Å². The maximum atomic E-state index is 12.3. The molecule has 1 saturated carbocycles. The monoisotopic (exact) mass is 231 g/mol. The number of benzene rings is 1. The zero-order valence-corrected chi connectivity index (χ0v) is 9.80. The molecule has 90 valence electrons. The van der Waals surface area contributed by atoms with E-state index in [1.165, 1.54) is 5.56 Å². The second-order valence-electron chi connectivity index (χ2n) is 5.31. The van der Waals surface area contributed by atoms with E-state index < -0.39 is 0 Å². The first-order chi connectivity index (χ1) is 8.20. The van der Waals surface area contributed by atoms with Crippen LogP contribution in [0.25, 0.3) is 0 Å². The molecule has 1 aromatic rings. The van der Waals surface area contributed by atoms with E-state index >= 15 is 0 Å². The van der Waals surface area contributed by atoms with Gasteiger partial charge < -0.3 is 10.0 Å². The lowest BCUT2D eigenvalue weighted by Gasteiger charge is -2.38. The Morgan fingerprint density at radius 3 is 2.47 bits per heavy atom. The van der Waals surface area contributed by atoms with Crippen LogP contribution in [0.2, 0.25) is 0 Å². The minimum Gasteiger partial charge on any atom is -0.389 e. The molecule has 2 fully saturated rings. The number of β-amino-alcohol motifs (C(OH)–C–C–N with tert-alkyl or cyclic N) is 1. The first kappa shape index (κ1) is 10.8. The molecule has 0 unspecified atom stereocenters. The molecule has 3 heteroatoms. The summed E-state index contributed by atoms with van der Waals surface area (Å²) in [6, 6.07) is 10.2. The zero-order chi connectivity index (χ0) is 11.9. The minimum atomic E-state index is -0.300. The second-order valence-corrected chi connectivity index (χ2v) is 5.31. The Balaban J connectivity index is 1.68. The fourth-order valence-corrected chi connectivity index (χ4v) is 2.56. The molecule has 17 heavy (non-hydrogen) atoms. The topological polar surface area (TPSA) is 40.5 Å². The van der Waals surface area contributed by atoms with Crippen LogP contribution < -0.4 is 0 Å². The van der Waals surface area contributed by atoms with Gasteiger partial charge in [0.1, 0.15) is 0 Å². The largest absolute Gasteiger partial charge is 0.389 e. The number of rotatable bonds is 3. The summed E-state index contributed by atoms with van der Waals surface area (Å²) in [6.07, 6.45) is 2.53. The average Bonchev–Trinajstić information content (AvgIpc) is 3.06. The SMILES string of the molecule is O=C(N1CC(O)C1)C1(Cc2ccccc2)CC1. The fourth-order valence-electron chi connectivity index (χ4n) is 2.56. The second kappa shape index (κ2) is 3.84. The Labute approximate surface area is 101 Å². The third-order valence-electron chi connectivity index (χ3n) is 3.84. The third kappa shape index (κ3) is 1.95. The van der Waals surface area contributed by atoms with Crippen molar-refractivity contribution in [2.45, 2.75) is 25.4 Å². The van der Waals surface area contributed by atoms with Crippen LogP contribution in [0.4, 0.5) is 0 Å². The summed E-state index contributed by atoms with van der Waals surface area (Å²) in [5, 5.41) is 9.25. The van der Waals surface area contributed by atoms with Crippen molar-refractivity contribution in [1.29, 1.82) is 0 Å². The molecular weight excluding hydrogens is 214 g/mol. The van der Waals surface area contributed by atoms with Crippen LogP contribution in [0.5, 0.6) is 0 Å². The molecular formula is C14H17NO2. The van der Waals surface area contributed by atoms with E-state index in [0.717, 1.165) is 19.3 Å². The van der Waals surface area contributed by atoms with Crippen LogP contribution in [-0.2, 0) is 11.2 Å². The van der Waals surface area contributed by atoms with Crippen LogP contribution in [0.3, 0.4) is 0 Å². The summed E-state index contributed by atoms with van der Waals surface area (Å²) in [4.78, 5) is 14.1. The molecule has 0 aromatic heterocycles. The predicted molar refractivity (Wildman–Crippen MR) is 64.4 cm³/mol. The van der Waals surface area contributed by atoms with Gasteiger partial charge in [0.2, 0.25) is 5.91 Å². The van der Waals surface area contributed by atoms with Gasteiger partial charge >= 0.3 is 0 Å². The van der Waals surface area contributed by atoms with Crippen LogP contribution >= 0.6 is 0 Å². The van der Waals surface area contributed by atoms with E-state index in [0.29, 0.717) is 13.1 Å². The van der Waals surface area contributed by atoms with Gasteiger partial charge in [-0.3, -0.25) is 4.79 Å². The summed E-state index contributed by atoms with van der Waals surface area (Å²) in [5.74, 6) is 0.242. The molecule has 0 atom stereocenters. The minimum absolute atomic E-state index is 0.151. The zero-order valence-electron chi connectivity index (χ0n) is 9.80. The van der Waals surface area contributed by atoms with Crippen LogP contribution in [0.15, 0.2) is 30.3 Å². The molecule has 1 saturated heterocycles. The van der Waals surface area contributed by atoms with Gasteiger partial charge in [0.25, 0.3) is 0 Å². The summed E-state index contributed by atoms with van der Waals surface area (Å²) >= 11 is 0. The van der Waals surface area contributed by atoms with E-state index in [9.17, 15) is 9.90 Å². The van der Waals surface area contributed by atoms with E-state index in [1.807, 2.05) is 18.2 Å². The molecule has 2 aliphatic rings. The highest BCUT2D eigenvalue weighted by molar-refractivity contribution is 5.86. The quantitative estimate of drug-likeness (QED) is 0.849. The van der Waals surface area contributed by atoms with Crippen LogP contribution in [0.1, 0.15) is 18.4 Å². The molecule has 1 amide bonds. The number of carbonyl (C=O) groups is 1. The smallest absolute Gasteiger partial charge is 0.229 e. The van der Waals surface area contributed by atoms with Crippen molar-refractivity contribution in [3.8, 4) is 0 Å². The lowest BCUT2D eigenvalue weighted by molar-refractivity contribution is -0.147. The van der Waals surface area contributed by atoms with Gasteiger partial charge in [0.05, 0.1) is 11.5 Å². The molecule has 0 bridgehead atoms. The molecule has 0 spiro atoms. The Hall–Kier alpha value is -1.35. The number of likely N-dealkylation sites (tertiary alicyclic amines) is 1. The van der Waals surface area contributed by atoms with Gasteiger partial charge in [-0.2, -0.15) is 0 Å². The van der Waals surface area contributed by atoms with Gasteiger partial charge in [-0.15, -0.1) is 0 Å². The lowest BCUT2D eigenvalue weighted by atomic mass is 9.93. The van der Waals surface area contributed by atoms with Crippen molar-refractivity contribution < 1.29 is 9.90 Å². The van der Waals surface area contributed by atoms with Crippen molar-refractivity contribution in [1.82, 2.24) is 4.90 Å². The first-order valence-electron chi connectivity index (χ1n) is 6.21. The summed E-state index contributed by atoms with van der Waals surface area (Å²) in [5.41, 5.74) is 1.08. The highest BCUT2D eigenvalue weighted by Crippen LogP contribution is 2.50. The number of hydrogen-bond acceptors (Lipinski definition) is 2. The standard InChI is InChI=1S/C14H17NO2/c16-12-9-15(10-12)13(17)14(6-7-14)8-11-4-2-1-3-5-11/h1-5,12,16H,6-10H2. The number of aliphatic hydroxyl groups excluding tert-OH is 1. The van der Waals surface area contributed by atoms with Crippen molar-refractivity contribution in [2.75, 3.05) is 13.1 Å². The number of hydrogen-bond donors (Lipinski definition) is 1. The average molecular weight is 231 g/mol. The maximum absolute atomic E-state index is 12.3. The van der Waals surface area contributed by atoms with E-state index in [4.69, 9.17) is 0 Å². The van der Waals surface area contributed by atoms with Gasteiger partial charge in [0, 0.05) is 13.1 Å². The summed E-state index contributed by atoms with van der Waals surface area (Å²) in [6.45, 7) is 1.05. The first-order valence-corrected chi connectivity index (χ1v) is 6.21. The molecule has 1 aromatic carbocycles. The molecule has 1 heterocycles. The molecule has 1 N–H and O–H groups in total. The fraction of sp³-hybridized carbons (Fsp3) is 0.500. The maximum Gasteiger partial charge on any atom is 0.229 e. The van der Waals surface area contributed by atoms with Gasteiger partial charge in [0.15, 0.2) is 0 Å². The molecule has 1 aliphatic carbocycles. The van der Waals surface area contributed by atoms with Crippen LogP contribution in [-0.4, -0.2) is 35.1 Å². The Bertz CT molecular complexity index is 419. The Kier molecular flexibility index (Phi) is 2.44. The number of aliphatic hydroxyl groups is 1. The van der Waals surface area contributed by atoms with Crippen molar-refractivity contribution in [3.63, 3.8) is 0 Å². The highest BCUT2D eigenvalue weighted by Gasteiger charge is 2.53. The number of amides is 1. The van der Waals surface area contributed by atoms with Crippen molar-refractivity contribution >= 4 is 5.91 Å². The van der Waals surface area contributed by atoms with E-state index in [-0.39, 0.29) is 17.4 Å². The van der Waals surface area contributed by atoms with E-state index in [2.05, 4.69) is 12.1 Å². The third-order valence-corrected chi connectivity index (χ3v) is 3.84. The summed E-state index contributed by atoms with van der Waals surface area (Å²) in [7, 11) is 0. The van der Waals surface area contributed by atoms with Gasteiger partial charge in [-0.05, 0) is 24.8 Å². The molecule has 3 nitrogen and oxygen atoms in total. The normalized spacial score (nSPS) is 22.1. The predicted octanol–water partition coefficient (Wildman–Crippen LogP) is 1.21. The Morgan fingerprint density at radius 2 is 1.94 bits per heavy atom. The number of nitrogens with zero attached hydrogens (tertiary/aromatic N) is 1. The molecule has 3 rings (SSSR count). The Morgan fingerprint density at radius 1 is 1.29 bits per heavy atom. The lowest BCUT2D eigenvalue weighted by Crippen LogP contribution is -2.56. The number of carbonyl (C=O) groups excluding carboxylic acids is 1. The van der Waals surface area contributed by atoms with Crippen molar-refractivity contribution in [2.24, 2.45) is 5.41 Å². The highest BCUT2D eigenvalue weighted by atomic mass is 16.3. The molecule has 0 radical (unpaired) electrons. The van der Waals surface area contributed by atoms with Crippen molar-refractivity contribution in [3.05, 3.63) is 35.9 Å². The summed E-state index contributed by atoms with van der Waals surface area (Å²) < 4.78 is 0. The van der Waals surface area contributed by atoms with E-state index in [1.54, 1.807) is 4.90 Å².